The molecule has 2 N–H and O–H groups in total. The Balaban J connectivity index is 2.13. The molecule has 0 spiro atoms. The van der Waals surface area contributed by atoms with Gasteiger partial charge >= 0.3 is 0 Å². The average Bonchev–Trinajstić information content (AvgIpc) is 2.48. The first-order valence-electron chi connectivity index (χ1n) is 5.66. The second kappa shape index (κ2) is 4.85. The summed E-state index contributed by atoms with van der Waals surface area (Å²) in [4.78, 5) is 0. The maximum Gasteiger partial charge on any atom is 0.0738 e. The number of aryl methyl sites for hydroxylation is 2. The molecule has 1 fully saturated rings. The van der Waals surface area contributed by atoms with E-state index in [4.69, 9.17) is 0 Å². The zero-order valence-electron chi connectivity index (χ0n) is 9.70. The highest BCUT2D eigenvalue weighted by molar-refractivity contribution is 9.10. The fourth-order valence-corrected chi connectivity index (χ4v) is 2.77. The summed E-state index contributed by atoms with van der Waals surface area (Å²) >= 11 is 3.56. The standard InChI is InChI=1S/C11H18BrN3O/c1-7-11(12)9(15(2)14-7)5-8-6-13-4-3-10(8)16/h8,10,13,16H,3-6H2,1-2H3. The van der Waals surface area contributed by atoms with Gasteiger partial charge in [0, 0.05) is 19.5 Å². The van der Waals surface area contributed by atoms with Crippen molar-refractivity contribution in [3.63, 3.8) is 0 Å². The molecule has 0 radical (unpaired) electrons. The van der Waals surface area contributed by atoms with Crippen LogP contribution >= 0.6 is 15.9 Å². The number of nitrogens with zero attached hydrogens (tertiary/aromatic N) is 2. The van der Waals surface area contributed by atoms with Gasteiger partial charge in [0.15, 0.2) is 0 Å². The molecule has 1 aromatic heterocycles. The first-order chi connectivity index (χ1) is 7.59. The van der Waals surface area contributed by atoms with Crippen molar-refractivity contribution in [2.75, 3.05) is 13.1 Å². The molecule has 1 saturated heterocycles. The number of piperidine rings is 1. The van der Waals surface area contributed by atoms with Crippen LogP contribution in [0.1, 0.15) is 17.8 Å². The third-order valence-corrected chi connectivity index (χ3v) is 4.32. The van der Waals surface area contributed by atoms with E-state index in [-0.39, 0.29) is 6.10 Å². The molecule has 0 saturated carbocycles. The third kappa shape index (κ3) is 2.31. The summed E-state index contributed by atoms with van der Waals surface area (Å²) in [6, 6.07) is 0. The summed E-state index contributed by atoms with van der Waals surface area (Å²) in [7, 11) is 1.95. The Morgan fingerprint density at radius 1 is 1.62 bits per heavy atom. The molecule has 0 bridgehead atoms. The predicted molar refractivity (Wildman–Crippen MR) is 66.3 cm³/mol. The molecule has 2 rings (SSSR count). The van der Waals surface area contributed by atoms with E-state index < -0.39 is 0 Å². The topological polar surface area (TPSA) is 50.1 Å². The summed E-state index contributed by atoms with van der Waals surface area (Å²) in [6.45, 7) is 3.80. The van der Waals surface area contributed by atoms with E-state index in [9.17, 15) is 5.11 Å². The monoisotopic (exact) mass is 287 g/mol. The van der Waals surface area contributed by atoms with E-state index in [2.05, 4.69) is 26.3 Å². The lowest BCUT2D eigenvalue weighted by atomic mass is 9.91. The Hall–Kier alpha value is -0.390. The second-order valence-electron chi connectivity index (χ2n) is 4.49. The van der Waals surface area contributed by atoms with Gasteiger partial charge in [0.1, 0.15) is 0 Å². The van der Waals surface area contributed by atoms with Gasteiger partial charge < -0.3 is 10.4 Å². The van der Waals surface area contributed by atoms with E-state index in [0.717, 1.165) is 36.1 Å². The molecule has 16 heavy (non-hydrogen) atoms. The van der Waals surface area contributed by atoms with Crippen LogP contribution in [0.25, 0.3) is 0 Å². The van der Waals surface area contributed by atoms with Gasteiger partial charge in [-0.2, -0.15) is 5.10 Å². The molecule has 2 unspecified atom stereocenters. The molecule has 1 aliphatic heterocycles. The fourth-order valence-electron chi connectivity index (χ4n) is 2.27. The molecule has 1 aromatic rings. The molecule has 5 heteroatoms. The van der Waals surface area contributed by atoms with Crippen molar-refractivity contribution in [2.45, 2.75) is 25.9 Å². The highest BCUT2D eigenvalue weighted by Crippen LogP contribution is 2.25. The number of hydrogen-bond acceptors (Lipinski definition) is 3. The molecule has 0 amide bonds. The van der Waals surface area contributed by atoms with Crippen LogP contribution in [0, 0.1) is 12.8 Å². The normalized spacial score (nSPS) is 26.0. The van der Waals surface area contributed by atoms with Gasteiger partial charge in [-0.05, 0) is 42.2 Å². The van der Waals surface area contributed by atoms with E-state index in [1.54, 1.807) is 0 Å². The molecule has 1 aliphatic rings. The Bertz CT molecular complexity index is 378. The minimum atomic E-state index is -0.191. The number of aromatic nitrogens is 2. The van der Waals surface area contributed by atoms with Crippen LogP contribution in [0.4, 0.5) is 0 Å². The molecule has 2 heterocycles. The van der Waals surface area contributed by atoms with Gasteiger partial charge in [0.25, 0.3) is 0 Å². The maximum atomic E-state index is 9.93. The van der Waals surface area contributed by atoms with E-state index in [1.165, 1.54) is 5.69 Å². The van der Waals surface area contributed by atoms with E-state index in [1.807, 2.05) is 18.7 Å². The summed E-state index contributed by atoms with van der Waals surface area (Å²) in [5, 5.41) is 17.6. The predicted octanol–water partition coefficient (Wildman–Crippen LogP) is 1.00. The SMILES string of the molecule is Cc1nn(C)c(CC2CNCCC2O)c1Br. The third-order valence-electron chi connectivity index (χ3n) is 3.28. The molecular formula is C11H18BrN3O. The minimum absolute atomic E-state index is 0.191. The maximum absolute atomic E-state index is 9.93. The summed E-state index contributed by atoms with van der Waals surface area (Å²) in [5.41, 5.74) is 2.18. The van der Waals surface area contributed by atoms with Gasteiger partial charge in [-0.25, -0.2) is 0 Å². The van der Waals surface area contributed by atoms with Crippen LogP contribution in [0.15, 0.2) is 4.47 Å². The van der Waals surface area contributed by atoms with Gasteiger partial charge in [-0.15, -0.1) is 0 Å². The van der Waals surface area contributed by atoms with E-state index >= 15 is 0 Å². The van der Waals surface area contributed by atoms with Crippen molar-refractivity contribution in [1.29, 1.82) is 0 Å². The van der Waals surface area contributed by atoms with Gasteiger partial charge in [0.2, 0.25) is 0 Å². The fraction of sp³-hybridized carbons (Fsp3) is 0.727. The first kappa shape index (κ1) is 12.1. The Morgan fingerprint density at radius 3 is 2.94 bits per heavy atom. The molecule has 0 aliphatic carbocycles. The number of rotatable bonds is 2. The summed E-state index contributed by atoms with van der Waals surface area (Å²) in [6.07, 6.45) is 1.52. The molecule has 0 aromatic carbocycles. The summed E-state index contributed by atoms with van der Waals surface area (Å²) < 4.78 is 2.98. The summed E-state index contributed by atoms with van der Waals surface area (Å²) in [5.74, 6) is 0.292. The Labute approximate surface area is 104 Å². The molecule has 90 valence electrons. The van der Waals surface area contributed by atoms with Crippen molar-refractivity contribution in [3.8, 4) is 0 Å². The van der Waals surface area contributed by atoms with Crippen molar-refractivity contribution in [1.82, 2.24) is 15.1 Å². The van der Waals surface area contributed by atoms with Crippen molar-refractivity contribution < 1.29 is 5.11 Å². The van der Waals surface area contributed by atoms with Crippen LogP contribution in [0.2, 0.25) is 0 Å². The minimum Gasteiger partial charge on any atom is -0.393 e. The average molecular weight is 288 g/mol. The van der Waals surface area contributed by atoms with Gasteiger partial charge in [-0.1, -0.05) is 0 Å². The van der Waals surface area contributed by atoms with Crippen LogP contribution < -0.4 is 5.32 Å². The van der Waals surface area contributed by atoms with E-state index in [0.29, 0.717) is 5.92 Å². The highest BCUT2D eigenvalue weighted by Gasteiger charge is 2.25. The lowest BCUT2D eigenvalue weighted by molar-refractivity contribution is 0.0781. The molecule has 2 atom stereocenters. The molecular weight excluding hydrogens is 270 g/mol. The lowest BCUT2D eigenvalue weighted by Crippen LogP contribution is -2.41. The van der Waals surface area contributed by atoms with Crippen molar-refractivity contribution >= 4 is 15.9 Å². The number of aliphatic hydroxyl groups excluding tert-OH is 1. The van der Waals surface area contributed by atoms with Crippen molar-refractivity contribution in [2.24, 2.45) is 13.0 Å². The first-order valence-corrected chi connectivity index (χ1v) is 6.45. The largest absolute Gasteiger partial charge is 0.393 e. The second-order valence-corrected chi connectivity index (χ2v) is 5.29. The van der Waals surface area contributed by atoms with Crippen molar-refractivity contribution in [3.05, 3.63) is 15.9 Å². The van der Waals surface area contributed by atoms with Gasteiger partial charge in [0.05, 0.1) is 22.0 Å². The smallest absolute Gasteiger partial charge is 0.0738 e. The zero-order chi connectivity index (χ0) is 11.7. The quantitative estimate of drug-likeness (QED) is 0.854. The molecule has 4 nitrogen and oxygen atoms in total. The lowest BCUT2D eigenvalue weighted by Gasteiger charge is -2.28. The highest BCUT2D eigenvalue weighted by atomic mass is 79.9. The number of hydrogen-bond donors (Lipinski definition) is 2. The van der Waals surface area contributed by atoms with Crippen LogP contribution in [0.3, 0.4) is 0 Å². The van der Waals surface area contributed by atoms with Gasteiger partial charge in [-0.3, -0.25) is 4.68 Å². The Kier molecular flexibility index (Phi) is 3.66. The number of aliphatic hydroxyl groups is 1. The Morgan fingerprint density at radius 2 is 2.38 bits per heavy atom. The zero-order valence-corrected chi connectivity index (χ0v) is 11.3. The number of nitrogens with one attached hydrogen (secondary N) is 1. The van der Waals surface area contributed by atoms with Crippen LogP contribution in [0.5, 0.6) is 0 Å². The number of halogens is 1. The van der Waals surface area contributed by atoms with Crippen LogP contribution in [-0.2, 0) is 13.5 Å². The van der Waals surface area contributed by atoms with Crippen LogP contribution in [-0.4, -0.2) is 34.1 Å².